The van der Waals surface area contributed by atoms with E-state index in [9.17, 15) is 13.2 Å². The van der Waals surface area contributed by atoms with Crippen LogP contribution < -0.4 is 10.6 Å². The maximum Gasteiger partial charge on any atom is 0.273 e. The molecule has 1 aromatic rings. The second-order valence-electron chi connectivity index (χ2n) is 9.24. The average Bonchev–Trinajstić information content (AvgIpc) is 3.34. The molecule has 3 saturated heterocycles. The summed E-state index contributed by atoms with van der Waals surface area (Å²) in [6, 6.07) is 1.74. The normalized spacial score (nSPS) is 33.0. The molecule has 0 aromatic carbocycles. The van der Waals surface area contributed by atoms with Gasteiger partial charge in [-0.3, -0.25) is 4.79 Å². The van der Waals surface area contributed by atoms with Crippen molar-refractivity contribution in [3.8, 4) is 0 Å². The number of aromatic nitrogens is 1. The Morgan fingerprint density at radius 3 is 2.62 bits per heavy atom. The van der Waals surface area contributed by atoms with Crippen LogP contribution in [0.25, 0.3) is 0 Å². The first kappa shape index (κ1) is 19.5. The highest BCUT2D eigenvalue weighted by Crippen LogP contribution is 2.41. The number of hydrogen-bond donors (Lipinski definition) is 2. The zero-order chi connectivity index (χ0) is 20.0. The second kappa shape index (κ2) is 7.67. The van der Waals surface area contributed by atoms with Crippen molar-refractivity contribution in [2.24, 2.45) is 5.92 Å². The molecule has 8 nitrogen and oxygen atoms in total. The quantitative estimate of drug-likeness (QED) is 0.722. The van der Waals surface area contributed by atoms with Crippen molar-refractivity contribution < 1.29 is 17.7 Å². The van der Waals surface area contributed by atoms with Gasteiger partial charge >= 0.3 is 0 Å². The number of amides is 1. The highest BCUT2D eigenvalue weighted by molar-refractivity contribution is 7.89. The van der Waals surface area contributed by atoms with Crippen LogP contribution in [-0.2, 0) is 10.0 Å². The van der Waals surface area contributed by atoms with E-state index < -0.39 is 10.0 Å². The minimum absolute atomic E-state index is 0.0000614. The average molecular weight is 423 g/mol. The van der Waals surface area contributed by atoms with Crippen LogP contribution in [-0.4, -0.2) is 60.8 Å². The molecule has 4 fully saturated rings. The van der Waals surface area contributed by atoms with Gasteiger partial charge in [-0.2, -0.15) is 4.31 Å². The van der Waals surface area contributed by atoms with Crippen molar-refractivity contribution in [1.29, 1.82) is 0 Å². The molecular formula is C20H30N4O4S. The van der Waals surface area contributed by atoms with Crippen molar-refractivity contribution >= 4 is 15.9 Å². The van der Waals surface area contributed by atoms with Crippen LogP contribution in [0.1, 0.15) is 73.5 Å². The monoisotopic (exact) mass is 422 g/mol. The predicted octanol–water partition coefficient (Wildman–Crippen LogP) is 1.61. The van der Waals surface area contributed by atoms with E-state index in [1.54, 1.807) is 10.4 Å². The number of carbonyl (C=O) groups is 1. The van der Waals surface area contributed by atoms with Gasteiger partial charge < -0.3 is 15.2 Å². The van der Waals surface area contributed by atoms with E-state index in [4.69, 9.17) is 4.52 Å². The molecule has 2 bridgehead atoms. The van der Waals surface area contributed by atoms with Gasteiger partial charge in [0.05, 0.1) is 5.75 Å². The summed E-state index contributed by atoms with van der Waals surface area (Å²) in [6.07, 6.45) is 7.35. The molecule has 2 N–H and O–H groups in total. The predicted molar refractivity (Wildman–Crippen MR) is 107 cm³/mol. The fourth-order valence-corrected chi connectivity index (χ4v) is 7.72. The molecule has 160 valence electrons. The summed E-state index contributed by atoms with van der Waals surface area (Å²) in [6.45, 7) is 1.78. The van der Waals surface area contributed by atoms with E-state index >= 15 is 0 Å². The molecule has 0 spiro atoms. The van der Waals surface area contributed by atoms with Gasteiger partial charge in [0.25, 0.3) is 5.91 Å². The van der Waals surface area contributed by atoms with Gasteiger partial charge in [0.15, 0.2) is 5.69 Å². The van der Waals surface area contributed by atoms with Crippen LogP contribution in [0.15, 0.2) is 10.6 Å². The number of sulfonamides is 1. The molecule has 4 atom stereocenters. The van der Waals surface area contributed by atoms with Gasteiger partial charge in [-0.1, -0.05) is 5.16 Å². The first-order valence-corrected chi connectivity index (χ1v) is 12.6. The smallest absolute Gasteiger partial charge is 0.273 e. The molecule has 9 heteroatoms. The van der Waals surface area contributed by atoms with Crippen molar-refractivity contribution in [3.63, 3.8) is 0 Å². The zero-order valence-electron chi connectivity index (χ0n) is 16.7. The van der Waals surface area contributed by atoms with Gasteiger partial charge in [0, 0.05) is 30.1 Å². The Hall–Kier alpha value is -1.45. The van der Waals surface area contributed by atoms with E-state index in [0.717, 1.165) is 57.4 Å². The SMILES string of the molecule is O=C(N[C@H]1C[C@H]2CC[C@@H](C1)N2S(=O)(=O)C[C@H]1CCCNC1)c1cc(C2CC2)on1. The molecule has 0 unspecified atom stereocenters. The fourth-order valence-electron chi connectivity index (χ4n) is 5.37. The lowest BCUT2D eigenvalue weighted by atomic mass is 9.99. The molecule has 4 heterocycles. The number of carbonyl (C=O) groups excluding carboxylic acids is 1. The van der Waals surface area contributed by atoms with Crippen LogP contribution in [0.4, 0.5) is 0 Å². The van der Waals surface area contributed by atoms with Gasteiger partial charge in [0.2, 0.25) is 10.0 Å². The van der Waals surface area contributed by atoms with Crippen LogP contribution in [0.2, 0.25) is 0 Å². The lowest BCUT2D eigenvalue weighted by Gasteiger charge is -2.39. The highest BCUT2D eigenvalue weighted by Gasteiger charge is 2.47. The molecule has 0 radical (unpaired) electrons. The summed E-state index contributed by atoms with van der Waals surface area (Å²) >= 11 is 0. The van der Waals surface area contributed by atoms with E-state index in [-0.39, 0.29) is 35.7 Å². The second-order valence-corrected chi connectivity index (χ2v) is 11.2. The summed E-state index contributed by atoms with van der Waals surface area (Å²) in [5, 5.41) is 10.3. The Bertz CT molecular complexity index is 846. The number of nitrogens with zero attached hydrogens (tertiary/aromatic N) is 2. The summed E-state index contributed by atoms with van der Waals surface area (Å²) in [4.78, 5) is 12.6. The summed E-state index contributed by atoms with van der Waals surface area (Å²) in [5.74, 6) is 1.46. The van der Waals surface area contributed by atoms with Crippen molar-refractivity contribution in [1.82, 2.24) is 20.1 Å². The third-order valence-electron chi connectivity index (χ3n) is 6.91. The van der Waals surface area contributed by atoms with Crippen LogP contribution in [0, 0.1) is 5.92 Å². The number of nitrogens with one attached hydrogen (secondary N) is 2. The number of hydrogen-bond acceptors (Lipinski definition) is 6. The minimum atomic E-state index is -3.27. The van der Waals surface area contributed by atoms with Gasteiger partial charge in [-0.25, -0.2) is 8.42 Å². The Morgan fingerprint density at radius 1 is 1.21 bits per heavy atom. The molecule has 5 rings (SSSR count). The molecule has 3 aliphatic heterocycles. The van der Waals surface area contributed by atoms with E-state index in [2.05, 4.69) is 15.8 Å². The minimum Gasteiger partial charge on any atom is -0.360 e. The Morgan fingerprint density at radius 2 is 1.97 bits per heavy atom. The standard InChI is InChI=1S/C20H30N4O4S/c25-20(18-10-19(28-23-18)14-3-4-14)22-15-8-16-5-6-17(9-15)24(16)29(26,27)12-13-2-1-7-21-11-13/h10,13-17,21H,1-9,11-12H2,(H,22,25)/t13-,15-,16+,17-/m0/s1. The first-order chi connectivity index (χ1) is 14.0. The number of rotatable bonds is 6. The third-order valence-corrected chi connectivity index (χ3v) is 9.04. The molecular weight excluding hydrogens is 392 g/mol. The molecule has 1 aliphatic carbocycles. The van der Waals surface area contributed by atoms with E-state index in [0.29, 0.717) is 24.5 Å². The zero-order valence-corrected chi connectivity index (χ0v) is 17.5. The van der Waals surface area contributed by atoms with Crippen LogP contribution in [0.3, 0.4) is 0 Å². The third kappa shape index (κ3) is 4.09. The molecule has 4 aliphatic rings. The molecule has 1 amide bonds. The Labute approximate surface area is 171 Å². The Balaban J connectivity index is 1.20. The maximum atomic E-state index is 13.1. The van der Waals surface area contributed by atoms with Gasteiger partial charge in [-0.15, -0.1) is 0 Å². The van der Waals surface area contributed by atoms with Crippen molar-refractivity contribution in [3.05, 3.63) is 17.5 Å². The van der Waals surface area contributed by atoms with Crippen LogP contribution >= 0.6 is 0 Å². The van der Waals surface area contributed by atoms with E-state index in [1.807, 2.05) is 0 Å². The van der Waals surface area contributed by atoms with E-state index in [1.165, 1.54) is 0 Å². The fraction of sp³-hybridized carbons (Fsp3) is 0.800. The summed E-state index contributed by atoms with van der Waals surface area (Å²) in [7, 11) is -3.27. The lowest BCUT2D eigenvalue weighted by molar-refractivity contribution is 0.0900. The first-order valence-electron chi connectivity index (χ1n) is 11.0. The molecule has 29 heavy (non-hydrogen) atoms. The van der Waals surface area contributed by atoms with Gasteiger partial charge in [-0.05, 0) is 70.4 Å². The number of fused-ring (bicyclic) bond motifs is 2. The summed E-state index contributed by atoms with van der Waals surface area (Å²) in [5.41, 5.74) is 0.332. The molecule has 1 saturated carbocycles. The van der Waals surface area contributed by atoms with Crippen LogP contribution in [0.5, 0.6) is 0 Å². The Kier molecular flexibility index (Phi) is 5.16. The van der Waals surface area contributed by atoms with Gasteiger partial charge in [0.1, 0.15) is 5.76 Å². The maximum absolute atomic E-state index is 13.1. The largest absolute Gasteiger partial charge is 0.360 e. The lowest BCUT2D eigenvalue weighted by Crippen LogP contribution is -2.53. The molecule has 1 aromatic heterocycles. The topological polar surface area (TPSA) is 105 Å². The van der Waals surface area contributed by atoms with Crippen molar-refractivity contribution in [2.75, 3.05) is 18.8 Å². The highest BCUT2D eigenvalue weighted by atomic mass is 32.2. The summed E-state index contributed by atoms with van der Waals surface area (Å²) < 4.78 is 33.3. The van der Waals surface area contributed by atoms with Crippen molar-refractivity contribution in [2.45, 2.75) is 75.4 Å². The number of piperidine rings is 2.